The Hall–Kier alpha value is -1.36. The van der Waals surface area contributed by atoms with E-state index in [0.29, 0.717) is 0 Å². The molecule has 1 aromatic carbocycles. The number of hydrogen-bond acceptors (Lipinski definition) is 4. The first-order chi connectivity index (χ1) is 11.2. The van der Waals surface area contributed by atoms with Crippen molar-refractivity contribution in [2.75, 3.05) is 44.7 Å². The number of nitrogens with one attached hydrogen (secondary N) is 1. The Labute approximate surface area is 142 Å². The summed E-state index contributed by atoms with van der Waals surface area (Å²) in [5, 5.41) is 5.39. The molecule has 0 aliphatic carbocycles. The van der Waals surface area contributed by atoms with E-state index < -0.39 is 0 Å². The summed E-state index contributed by atoms with van der Waals surface area (Å²) in [6.45, 7) is 8.04. The van der Waals surface area contributed by atoms with Gasteiger partial charge < -0.3 is 10.1 Å². The molecule has 1 saturated heterocycles. The minimum Gasteiger partial charge on any atom is -0.384 e. The molecule has 1 fully saturated rings. The highest BCUT2D eigenvalue weighted by atomic mass is 35.5. The largest absolute Gasteiger partial charge is 0.384 e. The number of pyridine rings is 1. The third-order valence-electron chi connectivity index (χ3n) is 4.22. The van der Waals surface area contributed by atoms with Crippen molar-refractivity contribution in [3.63, 3.8) is 0 Å². The Kier molecular flexibility index (Phi) is 5.70. The zero-order valence-electron chi connectivity index (χ0n) is 13.6. The van der Waals surface area contributed by atoms with E-state index in [2.05, 4.69) is 21.3 Å². The summed E-state index contributed by atoms with van der Waals surface area (Å²) >= 11 is 6.13. The molecule has 1 aliphatic heterocycles. The van der Waals surface area contributed by atoms with Gasteiger partial charge in [-0.15, -0.1) is 0 Å². The molecule has 3 rings (SSSR count). The van der Waals surface area contributed by atoms with Crippen LogP contribution in [0.4, 0.5) is 5.69 Å². The van der Waals surface area contributed by atoms with Crippen LogP contribution in [0.25, 0.3) is 10.9 Å². The Morgan fingerprint density at radius 3 is 2.87 bits per heavy atom. The van der Waals surface area contributed by atoms with Crippen molar-refractivity contribution < 1.29 is 4.74 Å². The highest BCUT2D eigenvalue weighted by Gasteiger charge is 2.09. The molecule has 0 atom stereocenters. The average molecular weight is 334 g/mol. The van der Waals surface area contributed by atoms with Crippen LogP contribution >= 0.6 is 11.6 Å². The summed E-state index contributed by atoms with van der Waals surface area (Å²) in [6.07, 6.45) is 2.36. The number of anilines is 1. The SMILES string of the molecule is Cc1cc(NCCCCN2CCOCC2)c2cc(Cl)ccc2n1. The van der Waals surface area contributed by atoms with Gasteiger partial charge in [-0.2, -0.15) is 0 Å². The van der Waals surface area contributed by atoms with Crippen molar-refractivity contribution in [3.05, 3.63) is 35.0 Å². The maximum atomic E-state index is 6.13. The third-order valence-corrected chi connectivity index (χ3v) is 4.45. The molecular weight excluding hydrogens is 310 g/mol. The maximum absolute atomic E-state index is 6.13. The Morgan fingerprint density at radius 1 is 1.22 bits per heavy atom. The minimum absolute atomic E-state index is 0.749. The standard InChI is InChI=1S/C18H24ClN3O/c1-14-12-18(16-13-15(19)4-5-17(16)21-14)20-6-2-3-7-22-8-10-23-11-9-22/h4-5,12-13H,2-3,6-11H2,1H3,(H,20,21). The van der Waals surface area contributed by atoms with Gasteiger partial charge in [0.2, 0.25) is 0 Å². The fourth-order valence-electron chi connectivity index (χ4n) is 2.98. The lowest BCUT2D eigenvalue weighted by Crippen LogP contribution is -2.36. The van der Waals surface area contributed by atoms with Gasteiger partial charge in [-0.3, -0.25) is 9.88 Å². The number of benzene rings is 1. The maximum Gasteiger partial charge on any atom is 0.0726 e. The Balaban J connectivity index is 1.53. The highest BCUT2D eigenvalue weighted by Crippen LogP contribution is 2.26. The van der Waals surface area contributed by atoms with E-state index in [1.807, 2.05) is 25.1 Å². The van der Waals surface area contributed by atoms with Crippen molar-refractivity contribution in [3.8, 4) is 0 Å². The van der Waals surface area contributed by atoms with Gasteiger partial charge in [-0.05, 0) is 50.6 Å². The van der Waals surface area contributed by atoms with E-state index in [4.69, 9.17) is 16.3 Å². The van der Waals surface area contributed by atoms with Crippen LogP contribution in [0.5, 0.6) is 0 Å². The van der Waals surface area contributed by atoms with Crippen LogP contribution in [0.3, 0.4) is 0 Å². The van der Waals surface area contributed by atoms with Crippen LogP contribution < -0.4 is 5.32 Å². The number of aromatic nitrogens is 1. The van der Waals surface area contributed by atoms with Gasteiger partial charge in [-0.25, -0.2) is 0 Å². The molecular formula is C18H24ClN3O. The molecule has 1 aromatic heterocycles. The monoisotopic (exact) mass is 333 g/mol. The normalized spacial score (nSPS) is 15.9. The van der Waals surface area contributed by atoms with Crippen molar-refractivity contribution in [2.24, 2.45) is 0 Å². The van der Waals surface area contributed by atoms with Gasteiger partial charge in [0.15, 0.2) is 0 Å². The molecule has 124 valence electrons. The minimum atomic E-state index is 0.749. The van der Waals surface area contributed by atoms with Gasteiger partial charge >= 0.3 is 0 Å². The number of hydrogen-bond donors (Lipinski definition) is 1. The lowest BCUT2D eigenvalue weighted by Gasteiger charge is -2.26. The van der Waals surface area contributed by atoms with E-state index in [9.17, 15) is 0 Å². The van der Waals surface area contributed by atoms with E-state index in [1.165, 1.54) is 6.42 Å². The van der Waals surface area contributed by atoms with Gasteiger partial charge in [0, 0.05) is 41.4 Å². The van der Waals surface area contributed by atoms with Crippen molar-refractivity contribution in [2.45, 2.75) is 19.8 Å². The number of nitrogens with zero attached hydrogens (tertiary/aromatic N) is 2. The second kappa shape index (κ2) is 7.95. The molecule has 0 saturated carbocycles. The third kappa shape index (κ3) is 4.56. The number of fused-ring (bicyclic) bond motifs is 1. The molecule has 0 amide bonds. The number of halogens is 1. The first-order valence-corrected chi connectivity index (χ1v) is 8.71. The van der Waals surface area contributed by atoms with Gasteiger partial charge in [-0.1, -0.05) is 11.6 Å². The van der Waals surface area contributed by atoms with Crippen LogP contribution in [0, 0.1) is 6.92 Å². The summed E-state index contributed by atoms with van der Waals surface area (Å²) in [5.74, 6) is 0. The second-order valence-corrected chi connectivity index (χ2v) is 6.50. The average Bonchev–Trinajstić information content (AvgIpc) is 2.56. The molecule has 23 heavy (non-hydrogen) atoms. The number of ether oxygens (including phenoxy) is 1. The summed E-state index contributed by atoms with van der Waals surface area (Å²) in [6, 6.07) is 7.96. The van der Waals surface area contributed by atoms with Crippen LogP contribution in [0.15, 0.2) is 24.3 Å². The first-order valence-electron chi connectivity index (χ1n) is 8.33. The summed E-state index contributed by atoms with van der Waals surface area (Å²) in [5.41, 5.74) is 3.14. The van der Waals surface area contributed by atoms with Crippen molar-refractivity contribution in [1.29, 1.82) is 0 Å². The fourth-order valence-corrected chi connectivity index (χ4v) is 3.16. The quantitative estimate of drug-likeness (QED) is 0.817. The Morgan fingerprint density at radius 2 is 2.04 bits per heavy atom. The molecule has 0 bridgehead atoms. The van der Waals surface area contributed by atoms with Crippen molar-refractivity contribution >= 4 is 28.2 Å². The summed E-state index contributed by atoms with van der Waals surface area (Å²) in [4.78, 5) is 7.05. The molecule has 4 nitrogen and oxygen atoms in total. The first kappa shape index (κ1) is 16.5. The number of aryl methyl sites for hydroxylation is 1. The van der Waals surface area contributed by atoms with Crippen LogP contribution in [-0.2, 0) is 4.74 Å². The molecule has 1 N–H and O–H groups in total. The molecule has 2 aromatic rings. The zero-order chi connectivity index (χ0) is 16.1. The molecule has 5 heteroatoms. The van der Waals surface area contributed by atoms with E-state index in [-0.39, 0.29) is 0 Å². The predicted octanol–water partition coefficient (Wildman–Crippen LogP) is 3.72. The lowest BCUT2D eigenvalue weighted by atomic mass is 10.1. The second-order valence-electron chi connectivity index (χ2n) is 6.06. The lowest BCUT2D eigenvalue weighted by molar-refractivity contribution is 0.0373. The van der Waals surface area contributed by atoms with Crippen LogP contribution in [0.2, 0.25) is 5.02 Å². The Bertz CT molecular complexity index is 656. The number of morpholine rings is 1. The molecule has 0 unspecified atom stereocenters. The van der Waals surface area contributed by atoms with Gasteiger partial charge in [0.25, 0.3) is 0 Å². The molecule has 2 heterocycles. The predicted molar refractivity (Wildman–Crippen MR) is 96.5 cm³/mol. The van der Waals surface area contributed by atoms with Crippen LogP contribution in [-0.4, -0.2) is 49.3 Å². The van der Waals surface area contributed by atoms with Gasteiger partial charge in [0.1, 0.15) is 0 Å². The number of unbranched alkanes of at least 4 members (excludes halogenated alkanes) is 1. The smallest absolute Gasteiger partial charge is 0.0726 e. The molecule has 1 aliphatic rings. The summed E-state index contributed by atoms with van der Waals surface area (Å²) < 4.78 is 5.38. The topological polar surface area (TPSA) is 37.4 Å². The molecule has 0 spiro atoms. The van der Waals surface area contributed by atoms with Crippen molar-refractivity contribution in [1.82, 2.24) is 9.88 Å². The van der Waals surface area contributed by atoms with E-state index >= 15 is 0 Å². The van der Waals surface area contributed by atoms with Gasteiger partial charge in [0.05, 0.1) is 18.7 Å². The van der Waals surface area contributed by atoms with E-state index in [0.717, 1.165) is 73.1 Å². The summed E-state index contributed by atoms with van der Waals surface area (Å²) in [7, 11) is 0. The molecule has 0 radical (unpaired) electrons. The van der Waals surface area contributed by atoms with E-state index in [1.54, 1.807) is 0 Å². The van der Waals surface area contributed by atoms with Crippen LogP contribution in [0.1, 0.15) is 18.5 Å². The zero-order valence-corrected chi connectivity index (χ0v) is 14.4. The highest BCUT2D eigenvalue weighted by molar-refractivity contribution is 6.31. The number of rotatable bonds is 6. The fraction of sp³-hybridized carbons (Fsp3) is 0.500.